The van der Waals surface area contributed by atoms with E-state index in [2.05, 4.69) is 21.3 Å². The molecule has 22 heteroatoms. The van der Waals surface area contributed by atoms with E-state index in [1.807, 2.05) is 0 Å². The SMILES string of the molecule is C/C=C/CC(C)C(O)C1C(=O)NC(CC)C(=O)N(C)CC(=O)N(C)C(CC)C(=O)NC(C)C(=O)N(C)C(CC)C(=O)NC(C)C(=O)NC(C)C(=O)N(C)C(CC)C(=O)C(C)C(CC)C(=O)N(C)C(C)C(=O)N1C. The summed E-state index contributed by atoms with van der Waals surface area (Å²) < 4.78 is 0. The van der Waals surface area contributed by atoms with E-state index in [0.717, 1.165) is 19.6 Å². The topological polar surface area (TPSA) is 276 Å². The van der Waals surface area contributed by atoms with Gasteiger partial charge in [-0.3, -0.25) is 52.7 Å². The fourth-order valence-corrected chi connectivity index (χ4v) is 9.08. The Morgan fingerprint density at radius 2 is 1.00 bits per heavy atom. The van der Waals surface area contributed by atoms with Crippen molar-refractivity contribution in [1.29, 1.82) is 0 Å². The predicted molar refractivity (Wildman–Crippen MR) is 275 cm³/mol. The van der Waals surface area contributed by atoms with E-state index < -0.39 is 150 Å². The number of aliphatic hydroxyl groups excluding tert-OH is 1. The number of likely N-dealkylation sites (N-methyl/N-ethyl adjacent to an activating group) is 6. The van der Waals surface area contributed by atoms with Gasteiger partial charge in [-0.05, 0) is 79.1 Å². The summed E-state index contributed by atoms with van der Waals surface area (Å²) in [5, 5.41) is 22.2. The number of nitrogens with one attached hydrogen (secondary N) is 4. The van der Waals surface area contributed by atoms with Crippen LogP contribution in [0.15, 0.2) is 12.2 Å². The molecule has 1 rings (SSSR count). The summed E-state index contributed by atoms with van der Waals surface area (Å²) in [7, 11) is 8.19. The number of amides is 10. The normalized spacial score (nSPS) is 29.8. The van der Waals surface area contributed by atoms with Crippen LogP contribution in [0, 0.1) is 17.8 Å². The molecule has 5 N–H and O–H groups in total. The van der Waals surface area contributed by atoms with Crippen LogP contribution in [0.25, 0.3) is 0 Å². The quantitative estimate of drug-likeness (QED) is 0.197. The van der Waals surface area contributed by atoms with Crippen LogP contribution in [0.3, 0.4) is 0 Å². The zero-order chi connectivity index (χ0) is 56.5. The van der Waals surface area contributed by atoms with Crippen LogP contribution < -0.4 is 21.3 Å². The minimum absolute atomic E-state index is 0.0350. The molecule has 1 aliphatic rings. The van der Waals surface area contributed by atoms with E-state index in [0.29, 0.717) is 6.42 Å². The smallest absolute Gasteiger partial charge is 0.246 e. The first-order valence-electron chi connectivity index (χ1n) is 25.6. The fourth-order valence-electron chi connectivity index (χ4n) is 9.08. The lowest BCUT2D eigenvalue weighted by Gasteiger charge is -2.38. The van der Waals surface area contributed by atoms with E-state index >= 15 is 0 Å². The second-order valence-corrected chi connectivity index (χ2v) is 19.5. The maximum Gasteiger partial charge on any atom is 0.246 e. The summed E-state index contributed by atoms with van der Waals surface area (Å²) in [6.07, 6.45) is 2.99. The molecule has 0 radical (unpaired) electrons. The van der Waals surface area contributed by atoms with Gasteiger partial charge >= 0.3 is 0 Å². The molecule has 0 aromatic rings. The largest absolute Gasteiger partial charge is 0.390 e. The maximum absolute atomic E-state index is 14.4. The molecular weight excluding hydrogens is 945 g/mol. The molecule has 13 unspecified atom stereocenters. The van der Waals surface area contributed by atoms with Crippen molar-refractivity contribution in [3.05, 3.63) is 12.2 Å². The summed E-state index contributed by atoms with van der Waals surface area (Å²) in [4.78, 5) is 160. The fraction of sp³-hybridized carbons (Fsp3) is 0.745. The third-order valence-electron chi connectivity index (χ3n) is 14.3. The van der Waals surface area contributed by atoms with Gasteiger partial charge in [-0.25, -0.2) is 0 Å². The highest BCUT2D eigenvalue weighted by Crippen LogP contribution is 2.25. The Hall–Kier alpha value is -5.93. The molecule has 1 saturated heterocycles. The second kappa shape index (κ2) is 29.7. The molecule has 0 spiro atoms. The van der Waals surface area contributed by atoms with Crippen LogP contribution in [0.1, 0.15) is 122 Å². The van der Waals surface area contributed by atoms with E-state index in [1.165, 1.54) is 79.8 Å². The summed E-state index contributed by atoms with van der Waals surface area (Å²) in [5.74, 6) is -9.86. The Morgan fingerprint density at radius 3 is 1.47 bits per heavy atom. The Bertz CT molecular complexity index is 2020. The van der Waals surface area contributed by atoms with Gasteiger partial charge in [0.05, 0.1) is 18.7 Å². The number of allylic oxidation sites excluding steroid dienone is 2. The second-order valence-electron chi connectivity index (χ2n) is 19.5. The van der Waals surface area contributed by atoms with Gasteiger partial charge in [-0.2, -0.15) is 0 Å². The minimum Gasteiger partial charge on any atom is -0.390 e. The van der Waals surface area contributed by atoms with Crippen molar-refractivity contribution in [3.63, 3.8) is 0 Å². The average Bonchev–Trinajstić information content (AvgIpc) is 3.35. The Balaban J connectivity index is 3.91. The van der Waals surface area contributed by atoms with Gasteiger partial charge < -0.3 is 55.8 Å². The van der Waals surface area contributed by atoms with Crippen molar-refractivity contribution in [2.45, 2.75) is 182 Å². The molecule has 22 nitrogen and oxygen atoms in total. The number of hydrogen-bond donors (Lipinski definition) is 5. The van der Waals surface area contributed by atoms with Gasteiger partial charge in [0.2, 0.25) is 59.1 Å². The van der Waals surface area contributed by atoms with Crippen molar-refractivity contribution in [2.24, 2.45) is 17.8 Å². The van der Waals surface area contributed by atoms with E-state index in [4.69, 9.17) is 0 Å². The number of nitrogens with zero attached hydrogens (tertiary/aromatic N) is 6. The molecule has 73 heavy (non-hydrogen) atoms. The van der Waals surface area contributed by atoms with Gasteiger partial charge in [0.15, 0.2) is 5.78 Å². The Morgan fingerprint density at radius 1 is 0.534 bits per heavy atom. The Labute approximate surface area is 433 Å². The molecule has 0 aliphatic carbocycles. The van der Waals surface area contributed by atoms with Crippen molar-refractivity contribution >= 4 is 64.9 Å². The van der Waals surface area contributed by atoms with Crippen LogP contribution in [0.2, 0.25) is 0 Å². The summed E-state index contributed by atoms with van der Waals surface area (Å²) in [6, 6.07) is -10.8. The zero-order valence-electron chi connectivity index (χ0n) is 46.7. The van der Waals surface area contributed by atoms with Crippen LogP contribution in [0.4, 0.5) is 0 Å². The molecular formula is C51H88N10O12. The standard InChI is InChI=1S/C51H88N10O12/c1-19-25-26-28(7)41(63)40-46(68)55-35(21-3)51(73)56(13)27-39(62)58(15)37(23-5)44(66)54-32(11)48(70)60(17)38(24-6)45(67)52-30(9)43(65)53-31(10)47(69)59(16)36(22-4)42(64)29(8)34(20-2)50(72)57(14)33(12)49(71)61(40)18/h19,25,28-38,40-41,63H,20-24,26-27H2,1-18H3,(H,52,67)(H,53,65)(H,54,66)(H,55,68)/b25-19+. The van der Waals surface area contributed by atoms with E-state index in [9.17, 15) is 57.8 Å². The molecule has 0 saturated carbocycles. The van der Waals surface area contributed by atoms with Crippen LogP contribution in [0.5, 0.6) is 0 Å². The first kappa shape index (κ1) is 65.1. The zero-order valence-corrected chi connectivity index (χ0v) is 46.7. The lowest BCUT2D eigenvalue weighted by Crippen LogP contribution is -2.61. The molecule has 414 valence electrons. The highest BCUT2D eigenvalue weighted by molar-refractivity contribution is 5.99. The van der Waals surface area contributed by atoms with Crippen molar-refractivity contribution in [3.8, 4) is 0 Å². The predicted octanol–water partition coefficient (Wildman–Crippen LogP) is 0.447. The molecule has 1 heterocycles. The minimum atomic E-state index is -1.57. The third kappa shape index (κ3) is 16.5. The van der Waals surface area contributed by atoms with E-state index in [-0.39, 0.29) is 32.1 Å². The lowest BCUT2D eigenvalue weighted by molar-refractivity contribution is -0.154. The molecule has 13 atom stereocenters. The number of carbonyl (C=O) groups excluding carboxylic acids is 11. The van der Waals surface area contributed by atoms with Gasteiger partial charge in [-0.1, -0.05) is 60.6 Å². The molecule has 0 aromatic heterocycles. The van der Waals surface area contributed by atoms with Gasteiger partial charge in [0.1, 0.15) is 48.3 Å². The number of aliphatic hydroxyl groups is 1. The number of hydrogen-bond acceptors (Lipinski definition) is 12. The van der Waals surface area contributed by atoms with Crippen LogP contribution in [-0.2, 0) is 52.7 Å². The summed E-state index contributed by atoms with van der Waals surface area (Å²) >= 11 is 0. The first-order chi connectivity index (χ1) is 34.0. The number of carbonyl (C=O) groups is 11. The van der Waals surface area contributed by atoms with Crippen LogP contribution >= 0.6 is 0 Å². The third-order valence-corrected chi connectivity index (χ3v) is 14.3. The molecule has 1 aliphatic heterocycles. The highest BCUT2D eigenvalue weighted by atomic mass is 16.3. The van der Waals surface area contributed by atoms with E-state index in [1.54, 1.807) is 67.5 Å². The van der Waals surface area contributed by atoms with Crippen LogP contribution in [-0.4, -0.2) is 209 Å². The maximum atomic E-state index is 14.4. The Kier molecular flexibility index (Phi) is 26.5. The lowest BCUT2D eigenvalue weighted by atomic mass is 9.83. The van der Waals surface area contributed by atoms with Gasteiger partial charge in [-0.15, -0.1) is 0 Å². The molecule has 0 aromatic carbocycles. The number of Topliss-reactive ketones (excluding diaryl/α,β-unsaturated/α-hetero) is 1. The highest BCUT2D eigenvalue weighted by Gasteiger charge is 2.43. The number of rotatable bonds is 9. The number of ketones is 1. The summed E-state index contributed by atoms with van der Waals surface area (Å²) in [5.41, 5.74) is 0. The molecule has 1 fully saturated rings. The van der Waals surface area contributed by atoms with Gasteiger partial charge in [0.25, 0.3) is 0 Å². The van der Waals surface area contributed by atoms with Crippen molar-refractivity contribution < 1.29 is 57.8 Å². The molecule has 10 amide bonds. The monoisotopic (exact) mass is 1030 g/mol. The van der Waals surface area contributed by atoms with Gasteiger partial charge in [0, 0.05) is 54.1 Å². The first-order valence-corrected chi connectivity index (χ1v) is 25.6. The summed E-state index contributed by atoms with van der Waals surface area (Å²) in [6.45, 7) is 18.5. The van der Waals surface area contributed by atoms with Crippen molar-refractivity contribution in [2.75, 3.05) is 48.8 Å². The van der Waals surface area contributed by atoms with Crippen molar-refractivity contribution in [1.82, 2.24) is 50.7 Å². The average molecular weight is 1030 g/mol. The molecule has 0 bridgehead atoms.